The number of sulfonamides is 1. The predicted molar refractivity (Wildman–Crippen MR) is 99.9 cm³/mol. The van der Waals surface area contributed by atoms with E-state index in [0.717, 1.165) is 29.8 Å². The molecule has 0 spiro atoms. The number of aryl methyl sites for hydroxylation is 1. The molecule has 0 amide bonds. The summed E-state index contributed by atoms with van der Waals surface area (Å²) in [5.74, 6) is 0.0266. The summed E-state index contributed by atoms with van der Waals surface area (Å²) in [6.07, 6.45) is 1.37. The minimum absolute atomic E-state index is 0.0266. The Labute approximate surface area is 154 Å². The summed E-state index contributed by atoms with van der Waals surface area (Å²) in [5.41, 5.74) is 0.828. The summed E-state index contributed by atoms with van der Waals surface area (Å²) in [6.45, 7) is 5.50. The molecule has 26 heavy (non-hydrogen) atoms. The van der Waals surface area contributed by atoms with Gasteiger partial charge in [0.2, 0.25) is 10.0 Å². The summed E-state index contributed by atoms with van der Waals surface area (Å²) >= 11 is 0. The Balaban J connectivity index is 2.12. The van der Waals surface area contributed by atoms with Crippen molar-refractivity contribution in [3.63, 3.8) is 0 Å². The van der Waals surface area contributed by atoms with Gasteiger partial charge in [-0.1, -0.05) is 23.8 Å². The van der Waals surface area contributed by atoms with Crippen LogP contribution >= 0.6 is 0 Å². The first kappa shape index (κ1) is 20.0. The van der Waals surface area contributed by atoms with Crippen molar-refractivity contribution >= 4 is 26.5 Å². The highest BCUT2D eigenvalue weighted by Crippen LogP contribution is 2.17. The summed E-state index contributed by atoms with van der Waals surface area (Å²) in [4.78, 5) is 10.5. The van der Waals surface area contributed by atoms with Gasteiger partial charge in [0.25, 0.3) is 5.69 Å². The standard InChI is InChI=1S/C17H18N2O5S2/c1-3-14(12-25(22)16-8-4-13(2)5-9-16)18-26(23,24)17-10-6-15(7-11-17)19(20)21/h3-11,14,18H,1,12H2,2H3/t14-,25+/m1/s1. The molecule has 2 atom stereocenters. The van der Waals surface area contributed by atoms with Gasteiger partial charge in [-0.05, 0) is 31.2 Å². The molecule has 0 heterocycles. The van der Waals surface area contributed by atoms with E-state index in [2.05, 4.69) is 11.3 Å². The Kier molecular flexibility index (Phi) is 6.41. The number of nitro groups is 1. The lowest BCUT2D eigenvalue weighted by molar-refractivity contribution is -0.384. The van der Waals surface area contributed by atoms with Gasteiger partial charge in [-0.3, -0.25) is 14.3 Å². The Hall–Kier alpha value is -2.36. The maximum absolute atomic E-state index is 12.4. The second-order valence-electron chi connectivity index (χ2n) is 5.54. The second kappa shape index (κ2) is 8.35. The van der Waals surface area contributed by atoms with E-state index in [1.165, 1.54) is 6.08 Å². The van der Waals surface area contributed by atoms with Gasteiger partial charge in [-0.25, -0.2) is 13.1 Å². The molecule has 0 aliphatic carbocycles. The monoisotopic (exact) mass is 394 g/mol. The molecule has 2 rings (SSSR count). The summed E-state index contributed by atoms with van der Waals surface area (Å²) in [5, 5.41) is 10.7. The van der Waals surface area contributed by atoms with Crippen LogP contribution in [0, 0.1) is 17.0 Å². The van der Waals surface area contributed by atoms with Crippen LogP contribution in [0.1, 0.15) is 5.56 Å². The van der Waals surface area contributed by atoms with Crippen LogP contribution in [0.2, 0.25) is 0 Å². The first-order chi connectivity index (χ1) is 12.2. The fourth-order valence-electron chi connectivity index (χ4n) is 2.11. The van der Waals surface area contributed by atoms with Crippen LogP contribution < -0.4 is 4.72 Å². The third kappa shape index (κ3) is 5.07. The SMILES string of the molecule is C=C[C@H](C[S@](=O)c1ccc(C)cc1)NS(=O)(=O)c1ccc([N+](=O)[O-])cc1. The van der Waals surface area contributed by atoms with Crippen LogP contribution in [0.25, 0.3) is 0 Å². The maximum atomic E-state index is 12.4. The Bertz CT molecular complexity index is 923. The van der Waals surface area contributed by atoms with Gasteiger partial charge < -0.3 is 0 Å². The van der Waals surface area contributed by atoms with Crippen molar-refractivity contribution in [1.29, 1.82) is 0 Å². The summed E-state index contributed by atoms with van der Waals surface area (Å²) in [6, 6.07) is 10.9. The van der Waals surface area contributed by atoms with Crippen molar-refractivity contribution in [2.45, 2.75) is 22.8 Å². The highest BCUT2D eigenvalue weighted by Gasteiger charge is 2.21. The van der Waals surface area contributed by atoms with E-state index in [0.29, 0.717) is 4.90 Å². The van der Waals surface area contributed by atoms with E-state index in [1.807, 2.05) is 19.1 Å². The van der Waals surface area contributed by atoms with Crippen molar-refractivity contribution in [1.82, 2.24) is 4.72 Å². The minimum Gasteiger partial charge on any atom is -0.258 e. The lowest BCUT2D eigenvalue weighted by atomic mass is 10.2. The molecule has 0 aliphatic rings. The third-order valence-electron chi connectivity index (χ3n) is 3.56. The Morgan fingerprint density at radius 3 is 2.27 bits per heavy atom. The summed E-state index contributed by atoms with van der Waals surface area (Å²) in [7, 11) is -5.34. The molecule has 0 unspecified atom stereocenters. The van der Waals surface area contributed by atoms with Gasteiger partial charge in [0.15, 0.2) is 0 Å². The maximum Gasteiger partial charge on any atom is 0.269 e. The number of rotatable bonds is 8. The lowest BCUT2D eigenvalue weighted by Gasteiger charge is -2.15. The number of hydrogen-bond donors (Lipinski definition) is 1. The predicted octanol–water partition coefficient (Wildman–Crippen LogP) is 2.54. The van der Waals surface area contributed by atoms with Crippen molar-refractivity contribution in [2.75, 3.05) is 5.75 Å². The molecular formula is C17H18N2O5S2. The Morgan fingerprint density at radius 2 is 1.77 bits per heavy atom. The average Bonchev–Trinajstić information content (AvgIpc) is 2.61. The van der Waals surface area contributed by atoms with Crippen LogP contribution in [0.5, 0.6) is 0 Å². The van der Waals surface area contributed by atoms with Crippen molar-refractivity contribution in [2.24, 2.45) is 0 Å². The average molecular weight is 394 g/mol. The quantitative estimate of drug-likeness (QED) is 0.421. The van der Waals surface area contributed by atoms with Gasteiger partial charge in [0, 0.05) is 22.8 Å². The van der Waals surface area contributed by atoms with Crippen LogP contribution in [0.15, 0.2) is 71.0 Å². The van der Waals surface area contributed by atoms with Crippen LogP contribution in [0.3, 0.4) is 0 Å². The number of nitrogens with zero attached hydrogens (tertiary/aromatic N) is 1. The molecule has 7 nitrogen and oxygen atoms in total. The number of hydrogen-bond acceptors (Lipinski definition) is 5. The van der Waals surface area contributed by atoms with Gasteiger partial charge >= 0.3 is 0 Å². The molecular weight excluding hydrogens is 376 g/mol. The van der Waals surface area contributed by atoms with E-state index >= 15 is 0 Å². The Morgan fingerprint density at radius 1 is 1.19 bits per heavy atom. The lowest BCUT2D eigenvalue weighted by Crippen LogP contribution is -2.37. The first-order valence-electron chi connectivity index (χ1n) is 7.57. The fraction of sp³-hybridized carbons (Fsp3) is 0.176. The van der Waals surface area contributed by atoms with Crippen molar-refractivity contribution in [3.8, 4) is 0 Å². The highest BCUT2D eigenvalue weighted by molar-refractivity contribution is 7.89. The second-order valence-corrected chi connectivity index (χ2v) is 8.75. The topological polar surface area (TPSA) is 106 Å². The zero-order valence-electron chi connectivity index (χ0n) is 14.0. The van der Waals surface area contributed by atoms with E-state index in [-0.39, 0.29) is 16.3 Å². The number of benzene rings is 2. The molecule has 0 saturated carbocycles. The van der Waals surface area contributed by atoms with Crippen LogP contribution in [0.4, 0.5) is 5.69 Å². The van der Waals surface area contributed by atoms with Gasteiger partial charge in [-0.15, -0.1) is 6.58 Å². The largest absolute Gasteiger partial charge is 0.269 e. The van der Waals surface area contributed by atoms with Crippen molar-refractivity contribution in [3.05, 3.63) is 76.9 Å². The van der Waals surface area contributed by atoms with Crippen LogP contribution in [-0.2, 0) is 20.8 Å². The molecule has 2 aromatic carbocycles. The molecule has 0 saturated heterocycles. The molecule has 2 aromatic rings. The fourth-order valence-corrected chi connectivity index (χ4v) is 4.61. The smallest absolute Gasteiger partial charge is 0.258 e. The first-order valence-corrected chi connectivity index (χ1v) is 10.4. The highest BCUT2D eigenvalue weighted by atomic mass is 32.2. The number of non-ortho nitro benzene ring substituents is 1. The molecule has 0 radical (unpaired) electrons. The van der Waals surface area contributed by atoms with E-state index in [1.54, 1.807) is 12.1 Å². The molecule has 138 valence electrons. The molecule has 9 heteroatoms. The zero-order valence-corrected chi connectivity index (χ0v) is 15.6. The van der Waals surface area contributed by atoms with Gasteiger partial charge in [0.1, 0.15) is 0 Å². The summed E-state index contributed by atoms with van der Waals surface area (Å²) < 4.78 is 39.7. The number of nitro benzene ring substituents is 1. The van der Waals surface area contributed by atoms with Crippen LogP contribution in [-0.4, -0.2) is 29.3 Å². The minimum atomic E-state index is -3.93. The molecule has 1 N–H and O–H groups in total. The van der Waals surface area contributed by atoms with Crippen molar-refractivity contribution < 1.29 is 17.6 Å². The molecule has 0 bridgehead atoms. The molecule has 0 aromatic heterocycles. The molecule has 0 aliphatic heterocycles. The van der Waals surface area contributed by atoms with Gasteiger partial charge in [0.05, 0.1) is 26.7 Å². The van der Waals surface area contributed by atoms with E-state index < -0.39 is 31.8 Å². The van der Waals surface area contributed by atoms with E-state index in [9.17, 15) is 22.7 Å². The normalized spacial score (nSPS) is 13.7. The third-order valence-corrected chi connectivity index (χ3v) is 6.53. The van der Waals surface area contributed by atoms with Gasteiger partial charge in [-0.2, -0.15) is 0 Å². The molecule has 0 fully saturated rings. The zero-order chi connectivity index (χ0) is 19.3. The van der Waals surface area contributed by atoms with E-state index in [4.69, 9.17) is 0 Å². The number of nitrogens with one attached hydrogen (secondary N) is 1.